The fraction of sp³-hybridized carbons (Fsp3) is 0.385. The summed E-state index contributed by atoms with van der Waals surface area (Å²) in [5.41, 5.74) is 0.0424. The molecule has 0 bridgehead atoms. The number of hydrogen-bond donors (Lipinski definition) is 1. The van der Waals surface area contributed by atoms with Crippen LogP contribution in [0.2, 0.25) is 0 Å². The molecule has 2 rings (SSSR count). The van der Waals surface area contributed by atoms with Crippen LogP contribution >= 0.6 is 11.8 Å². The fourth-order valence-electron chi connectivity index (χ4n) is 2.04. The summed E-state index contributed by atoms with van der Waals surface area (Å²) in [4.78, 5) is 40.3. The van der Waals surface area contributed by atoms with Gasteiger partial charge in [0.1, 0.15) is 5.03 Å². The van der Waals surface area contributed by atoms with Crippen molar-refractivity contribution < 1.29 is 19.5 Å². The van der Waals surface area contributed by atoms with E-state index in [2.05, 4.69) is 4.98 Å². The number of aromatic nitrogens is 1. The van der Waals surface area contributed by atoms with Gasteiger partial charge in [-0.05, 0) is 26.0 Å². The zero-order valence-electron chi connectivity index (χ0n) is 11.1. The van der Waals surface area contributed by atoms with Gasteiger partial charge in [-0.25, -0.2) is 9.78 Å². The highest BCUT2D eigenvalue weighted by Gasteiger charge is 2.41. The molecule has 1 aromatic heterocycles. The van der Waals surface area contributed by atoms with E-state index in [1.807, 2.05) is 0 Å². The van der Waals surface area contributed by atoms with Crippen LogP contribution in [0.1, 0.15) is 30.6 Å². The van der Waals surface area contributed by atoms with Gasteiger partial charge in [-0.1, -0.05) is 11.8 Å². The van der Waals surface area contributed by atoms with Crippen molar-refractivity contribution in [2.75, 3.05) is 0 Å². The van der Waals surface area contributed by atoms with E-state index in [1.165, 1.54) is 23.2 Å². The van der Waals surface area contributed by atoms with Crippen molar-refractivity contribution in [3.05, 3.63) is 23.9 Å². The molecule has 20 heavy (non-hydrogen) atoms. The van der Waals surface area contributed by atoms with Gasteiger partial charge >= 0.3 is 5.97 Å². The van der Waals surface area contributed by atoms with Crippen LogP contribution in [0.5, 0.6) is 0 Å². The second-order valence-electron chi connectivity index (χ2n) is 4.67. The smallest absolute Gasteiger partial charge is 0.338 e. The van der Waals surface area contributed by atoms with Gasteiger partial charge < -0.3 is 5.11 Å². The molecule has 1 aliphatic heterocycles. The topological polar surface area (TPSA) is 87.6 Å². The van der Waals surface area contributed by atoms with Gasteiger partial charge in [-0.3, -0.25) is 14.5 Å². The van der Waals surface area contributed by atoms with E-state index >= 15 is 0 Å². The van der Waals surface area contributed by atoms with Crippen molar-refractivity contribution in [1.29, 1.82) is 0 Å². The molecule has 2 amide bonds. The number of carboxylic acid groups (broad SMARTS) is 1. The molecule has 0 aliphatic carbocycles. The van der Waals surface area contributed by atoms with Crippen LogP contribution in [-0.2, 0) is 9.59 Å². The van der Waals surface area contributed by atoms with E-state index in [1.54, 1.807) is 13.8 Å². The maximum Gasteiger partial charge on any atom is 0.338 e. The largest absolute Gasteiger partial charge is 0.478 e. The Balaban J connectivity index is 2.22. The number of amides is 2. The molecular formula is C13H14N2O4S. The van der Waals surface area contributed by atoms with Gasteiger partial charge in [0.25, 0.3) is 0 Å². The zero-order valence-corrected chi connectivity index (χ0v) is 11.9. The van der Waals surface area contributed by atoms with Crippen LogP contribution in [0.25, 0.3) is 0 Å². The van der Waals surface area contributed by atoms with Gasteiger partial charge in [-0.2, -0.15) is 0 Å². The highest BCUT2D eigenvalue weighted by molar-refractivity contribution is 8.00. The molecule has 0 radical (unpaired) electrons. The highest BCUT2D eigenvalue weighted by Crippen LogP contribution is 2.32. The molecule has 1 N–H and O–H groups in total. The quantitative estimate of drug-likeness (QED) is 0.845. The Labute approximate surface area is 120 Å². The van der Waals surface area contributed by atoms with E-state index in [0.29, 0.717) is 0 Å². The second-order valence-corrected chi connectivity index (χ2v) is 5.86. The molecule has 0 spiro atoms. The van der Waals surface area contributed by atoms with E-state index in [-0.39, 0.29) is 34.9 Å². The van der Waals surface area contributed by atoms with Crippen LogP contribution in [-0.4, -0.2) is 44.1 Å². The van der Waals surface area contributed by atoms with Crippen LogP contribution < -0.4 is 0 Å². The van der Waals surface area contributed by atoms with Crippen molar-refractivity contribution in [1.82, 2.24) is 9.88 Å². The minimum atomic E-state index is -1.10. The number of likely N-dealkylation sites (tertiary alicyclic amines) is 1. The number of imide groups is 1. The van der Waals surface area contributed by atoms with E-state index in [4.69, 9.17) is 5.11 Å². The highest BCUT2D eigenvalue weighted by atomic mass is 32.2. The molecule has 0 aromatic carbocycles. The van der Waals surface area contributed by atoms with Gasteiger partial charge in [0.05, 0.1) is 10.8 Å². The third-order valence-electron chi connectivity index (χ3n) is 2.91. The Bertz CT molecular complexity index is 573. The van der Waals surface area contributed by atoms with Crippen molar-refractivity contribution in [3.8, 4) is 0 Å². The summed E-state index contributed by atoms with van der Waals surface area (Å²) < 4.78 is 0. The number of carbonyl (C=O) groups excluding carboxylic acids is 2. The lowest BCUT2D eigenvalue weighted by Gasteiger charge is -2.18. The molecule has 1 atom stereocenters. The molecule has 1 aliphatic rings. The Hall–Kier alpha value is -1.89. The summed E-state index contributed by atoms with van der Waals surface area (Å²) in [6.07, 6.45) is 1.55. The molecule has 0 saturated carbocycles. The number of carbonyl (C=O) groups is 3. The Morgan fingerprint density at radius 2 is 2.20 bits per heavy atom. The van der Waals surface area contributed by atoms with Crippen molar-refractivity contribution in [2.24, 2.45) is 0 Å². The molecule has 2 heterocycles. The first-order valence-corrected chi connectivity index (χ1v) is 7.00. The fourth-order valence-corrected chi connectivity index (χ4v) is 3.15. The standard InChI is InChI=1S/C13H14N2O4S/c1-7(2)15-10(16)6-9(12(15)17)20-11-8(13(18)19)4-3-5-14-11/h3-5,7,9H,6H2,1-2H3,(H,18,19)/t9-/m0/s1. The van der Waals surface area contributed by atoms with Gasteiger partial charge in [0.15, 0.2) is 0 Å². The van der Waals surface area contributed by atoms with Crippen LogP contribution in [0, 0.1) is 0 Å². The minimum absolute atomic E-state index is 0.0424. The second kappa shape index (κ2) is 5.62. The number of carboxylic acids is 1. The maximum atomic E-state index is 12.2. The number of pyridine rings is 1. The van der Waals surface area contributed by atoms with E-state index in [0.717, 1.165) is 11.8 Å². The monoisotopic (exact) mass is 294 g/mol. The Morgan fingerprint density at radius 3 is 2.75 bits per heavy atom. The van der Waals surface area contributed by atoms with Crippen molar-refractivity contribution in [3.63, 3.8) is 0 Å². The van der Waals surface area contributed by atoms with E-state index < -0.39 is 11.2 Å². The summed E-state index contributed by atoms with van der Waals surface area (Å²) in [5, 5.41) is 8.74. The first-order chi connectivity index (χ1) is 9.41. The third-order valence-corrected chi connectivity index (χ3v) is 4.11. The molecule has 1 fully saturated rings. The predicted octanol–water partition coefficient (Wildman–Crippen LogP) is 1.41. The number of aromatic carboxylic acids is 1. The number of nitrogens with zero attached hydrogens (tertiary/aromatic N) is 2. The minimum Gasteiger partial charge on any atom is -0.478 e. The molecule has 1 saturated heterocycles. The first-order valence-electron chi connectivity index (χ1n) is 6.12. The molecule has 106 valence electrons. The van der Waals surface area contributed by atoms with E-state index in [9.17, 15) is 14.4 Å². The molecular weight excluding hydrogens is 280 g/mol. The first kappa shape index (κ1) is 14.5. The number of rotatable bonds is 4. The molecule has 1 aromatic rings. The van der Waals surface area contributed by atoms with Gasteiger partial charge in [0.2, 0.25) is 11.8 Å². The van der Waals surface area contributed by atoms with Crippen LogP contribution in [0.3, 0.4) is 0 Å². The number of hydrogen-bond acceptors (Lipinski definition) is 5. The average Bonchev–Trinajstić information content (AvgIpc) is 2.64. The lowest BCUT2D eigenvalue weighted by Crippen LogP contribution is -2.37. The van der Waals surface area contributed by atoms with Crippen LogP contribution in [0.4, 0.5) is 0 Å². The maximum absolute atomic E-state index is 12.2. The predicted molar refractivity (Wildman–Crippen MR) is 72.4 cm³/mol. The zero-order chi connectivity index (χ0) is 14.9. The summed E-state index contributed by atoms with van der Waals surface area (Å²) in [5.74, 6) is -1.61. The summed E-state index contributed by atoms with van der Waals surface area (Å²) in [6.45, 7) is 3.54. The SMILES string of the molecule is CC(C)N1C(=O)C[C@H](Sc2ncccc2C(=O)O)C1=O. The number of thioether (sulfide) groups is 1. The summed E-state index contributed by atoms with van der Waals surface area (Å²) >= 11 is 1.04. The lowest BCUT2D eigenvalue weighted by atomic mass is 10.3. The Kier molecular flexibility index (Phi) is 4.08. The van der Waals surface area contributed by atoms with Crippen molar-refractivity contribution in [2.45, 2.75) is 36.6 Å². The molecule has 7 heteroatoms. The molecule has 6 nitrogen and oxygen atoms in total. The lowest BCUT2D eigenvalue weighted by molar-refractivity contribution is -0.140. The molecule has 0 unspecified atom stereocenters. The average molecular weight is 294 g/mol. The third kappa shape index (κ3) is 2.67. The van der Waals surface area contributed by atoms with Crippen molar-refractivity contribution >= 4 is 29.5 Å². The normalized spacial score (nSPS) is 18.9. The van der Waals surface area contributed by atoms with Gasteiger partial charge in [-0.15, -0.1) is 0 Å². The van der Waals surface area contributed by atoms with Gasteiger partial charge in [0, 0.05) is 18.7 Å². The van der Waals surface area contributed by atoms with Crippen LogP contribution in [0.15, 0.2) is 23.4 Å². The summed E-state index contributed by atoms with van der Waals surface area (Å²) in [6, 6.07) is 2.76. The summed E-state index contributed by atoms with van der Waals surface area (Å²) in [7, 11) is 0. The Morgan fingerprint density at radius 1 is 1.50 bits per heavy atom.